The van der Waals surface area contributed by atoms with Crippen LogP contribution in [0.15, 0.2) is 24.3 Å². The molecule has 0 radical (unpaired) electrons. The second-order valence-electron chi connectivity index (χ2n) is 2.55. The van der Waals surface area contributed by atoms with Gasteiger partial charge in [-0.1, -0.05) is 18.2 Å². The topological polar surface area (TPSA) is 34.1 Å². The number of allylic oxidation sites excluding steroid dienone is 4. The number of carbonyl (C=O) groups excluding carboxylic acids is 2. The number of ketones is 2. The second kappa shape index (κ2) is 1.66. The average molecular weight is 134 g/mol. The van der Waals surface area contributed by atoms with Gasteiger partial charge in [0.05, 0.1) is 11.8 Å². The van der Waals surface area contributed by atoms with Gasteiger partial charge in [-0.25, -0.2) is 0 Å². The third-order valence-electron chi connectivity index (χ3n) is 1.92. The van der Waals surface area contributed by atoms with Crippen molar-refractivity contribution in [2.75, 3.05) is 0 Å². The first-order valence-corrected chi connectivity index (χ1v) is 3.23. The van der Waals surface area contributed by atoms with Gasteiger partial charge < -0.3 is 0 Å². The van der Waals surface area contributed by atoms with Crippen LogP contribution in [0.4, 0.5) is 0 Å². The van der Waals surface area contributed by atoms with Gasteiger partial charge >= 0.3 is 0 Å². The lowest BCUT2D eigenvalue weighted by Crippen LogP contribution is -2.24. The highest BCUT2D eigenvalue weighted by Crippen LogP contribution is 2.25. The Bertz CT molecular complexity index is 260. The molecule has 0 aromatic rings. The van der Waals surface area contributed by atoms with Crippen LogP contribution in [0.1, 0.15) is 0 Å². The van der Waals surface area contributed by atoms with Gasteiger partial charge in [0.2, 0.25) is 0 Å². The van der Waals surface area contributed by atoms with Crippen LogP contribution in [0, 0.1) is 11.8 Å². The number of Topliss-reactive ketones (excluding diaryl/α,β-unsaturated/α-hetero) is 1. The summed E-state index contributed by atoms with van der Waals surface area (Å²) in [4.78, 5) is 22.0. The molecule has 0 saturated carbocycles. The molecule has 2 atom stereocenters. The molecule has 0 heterocycles. The summed E-state index contributed by atoms with van der Waals surface area (Å²) in [6.07, 6.45) is 6.63. The summed E-state index contributed by atoms with van der Waals surface area (Å²) in [6, 6.07) is 0. The van der Waals surface area contributed by atoms with Crippen molar-refractivity contribution in [3.63, 3.8) is 0 Å². The van der Waals surface area contributed by atoms with E-state index < -0.39 is 5.92 Å². The average Bonchev–Trinajstić information content (AvgIpc) is 2.13. The Morgan fingerprint density at radius 2 is 1.90 bits per heavy atom. The number of rotatable bonds is 0. The molecular weight excluding hydrogens is 128 g/mol. The Morgan fingerprint density at radius 1 is 1.10 bits per heavy atom. The first kappa shape index (κ1) is 5.59. The Labute approximate surface area is 58.2 Å². The maximum absolute atomic E-state index is 11.1. The van der Waals surface area contributed by atoms with Crippen molar-refractivity contribution in [1.29, 1.82) is 0 Å². The van der Waals surface area contributed by atoms with Gasteiger partial charge in [-0.3, -0.25) is 9.59 Å². The molecule has 2 heteroatoms. The quantitative estimate of drug-likeness (QED) is 0.357. The molecule has 2 bridgehead atoms. The van der Waals surface area contributed by atoms with Crippen molar-refractivity contribution in [3.8, 4) is 0 Å². The van der Waals surface area contributed by atoms with Gasteiger partial charge in [0.1, 0.15) is 0 Å². The van der Waals surface area contributed by atoms with E-state index in [0.717, 1.165) is 0 Å². The lowest BCUT2D eigenvalue weighted by molar-refractivity contribution is -0.129. The monoisotopic (exact) mass is 134 g/mol. The highest BCUT2D eigenvalue weighted by molar-refractivity contribution is 6.14. The fraction of sp³-hybridized carbons (Fsp3) is 0.250. The number of hydrogen-bond acceptors (Lipinski definition) is 2. The third kappa shape index (κ3) is 0.533. The zero-order chi connectivity index (χ0) is 7.14. The number of fused-ring (bicyclic) bond motifs is 2. The van der Waals surface area contributed by atoms with E-state index in [1.807, 2.05) is 0 Å². The van der Waals surface area contributed by atoms with Crippen molar-refractivity contribution in [2.45, 2.75) is 0 Å². The highest BCUT2D eigenvalue weighted by Gasteiger charge is 2.34. The molecule has 0 saturated heterocycles. The largest absolute Gasteiger partial charge is 0.298 e. The lowest BCUT2D eigenvalue weighted by atomic mass is 9.92. The summed E-state index contributed by atoms with van der Waals surface area (Å²) in [5.74, 6) is -0.597. The summed E-state index contributed by atoms with van der Waals surface area (Å²) in [7, 11) is 0. The van der Waals surface area contributed by atoms with Crippen LogP contribution in [0.3, 0.4) is 0 Å². The molecule has 2 aliphatic carbocycles. The van der Waals surface area contributed by atoms with Crippen LogP contribution in [0.25, 0.3) is 0 Å². The molecule has 0 aliphatic heterocycles. The van der Waals surface area contributed by atoms with Crippen molar-refractivity contribution in [2.24, 2.45) is 11.8 Å². The van der Waals surface area contributed by atoms with E-state index in [2.05, 4.69) is 0 Å². The molecule has 50 valence electrons. The lowest BCUT2D eigenvalue weighted by Gasteiger charge is -2.09. The Kier molecular flexibility index (Phi) is 0.926. The van der Waals surface area contributed by atoms with E-state index in [1.54, 1.807) is 18.2 Å². The molecule has 0 N–H and O–H groups in total. The molecule has 0 aromatic carbocycles. The Balaban J connectivity index is 2.50. The van der Waals surface area contributed by atoms with Crippen molar-refractivity contribution in [1.82, 2.24) is 0 Å². The van der Waals surface area contributed by atoms with E-state index in [0.29, 0.717) is 0 Å². The van der Waals surface area contributed by atoms with Crippen LogP contribution in [0.2, 0.25) is 0 Å². The van der Waals surface area contributed by atoms with Crippen LogP contribution >= 0.6 is 0 Å². The van der Waals surface area contributed by atoms with Crippen molar-refractivity contribution in [3.05, 3.63) is 24.3 Å². The maximum Gasteiger partial charge on any atom is 0.169 e. The van der Waals surface area contributed by atoms with Crippen molar-refractivity contribution >= 4 is 11.6 Å². The number of carbonyl (C=O) groups is 2. The second-order valence-corrected chi connectivity index (χ2v) is 2.55. The van der Waals surface area contributed by atoms with Gasteiger partial charge in [-0.05, 0) is 6.08 Å². The van der Waals surface area contributed by atoms with Crippen LogP contribution in [-0.2, 0) is 9.59 Å². The molecular formula is C8H6O2. The summed E-state index contributed by atoms with van der Waals surface area (Å²) in [5, 5.41) is 0. The highest BCUT2D eigenvalue weighted by atomic mass is 16.2. The number of hydrogen-bond donors (Lipinski definition) is 0. The summed E-state index contributed by atoms with van der Waals surface area (Å²) < 4.78 is 0. The molecule has 0 amide bonds. The van der Waals surface area contributed by atoms with E-state index in [1.165, 1.54) is 6.08 Å². The summed E-state index contributed by atoms with van der Waals surface area (Å²) >= 11 is 0. The molecule has 2 rings (SSSR count). The molecule has 10 heavy (non-hydrogen) atoms. The Hall–Kier alpha value is -1.18. The van der Waals surface area contributed by atoms with Crippen molar-refractivity contribution < 1.29 is 9.59 Å². The maximum atomic E-state index is 11.1. The first-order valence-electron chi connectivity index (χ1n) is 3.23. The van der Waals surface area contributed by atoms with Gasteiger partial charge in [0, 0.05) is 0 Å². The molecule has 2 aliphatic rings. The Morgan fingerprint density at radius 3 is 2.60 bits per heavy atom. The summed E-state index contributed by atoms with van der Waals surface area (Å²) in [6.45, 7) is 0. The molecule has 0 fully saturated rings. The van der Waals surface area contributed by atoms with E-state index in [-0.39, 0.29) is 17.5 Å². The fourth-order valence-electron chi connectivity index (χ4n) is 1.32. The standard InChI is InChI=1S/C8H6O2/c9-7-4-2-5-1-3-6(7)8(5)10/h1-6H. The smallest absolute Gasteiger partial charge is 0.169 e. The van der Waals surface area contributed by atoms with E-state index in [9.17, 15) is 9.59 Å². The molecule has 2 nitrogen and oxygen atoms in total. The van der Waals surface area contributed by atoms with Gasteiger partial charge in [-0.2, -0.15) is 0 Å². The normalized spacial score (nSPS) is 35.6. The SMILES string of the molecule is O=C1C=CC2C=CC1C2=O. The van der Waals surface area contributed by atoms with Crippen LogP contribution < -0.4 is 0 Å². The predicted molar refractivity (Wildman–Crippen MR) is 35.3 cm³/mol. The van der Waals surface area contributed by atoms with Gasteiger partial charge in [-0.15, -0.1) is 0 Å². The molecule has 0 spiro atoms. The first-order chi connectivity index (χ1) is 4.79. The third-order valence-corrected chi connectivity index (χ3v) is 1.92. The van der Waals surface area contributed by atoms with Crippen LogP contribution in [0.5, 0.6) is 0 Å². The zero-order valence-electron chi connectivity index (χ0n) is 5.28. The summed E-state index contributed by atoms with van der Waals surface area (Å²) in [5.41, 5.74) is 0. The van der Waals surface area contributed by atoms with Gasteiger partial charge in [0.25, 0.3) is 0 Å². The van der Waals surface area contributed by atoms with E-state index in [4.69, 9.17) is 0 Å². The fourth-order valence-corrected chi connectivity index (χ4v) is 1.32. The molecule has 2 unspecified atom stereocenters. The van der Waals surface area contributed by atoms with E-state index >= 15 is 0 Å². The zero-order valence-corrected chi connectivity index (χ0v) is 5.28. The predicted octanol–water partition coefficient (Wildman–Crippen LogP) is 0.497. The van der Waals surface area contributed by atoms with Crippen LogP contribution in [-0.4, -0.2) is 11.6 Å². The molecule has 0 aromatic heterocycles. The minimum Gasteiger partial charge on any atom is -0.298 e. The minimum atomic E-state index is -0.449. The van der Waals surface area contributed by atoms with Gasteiger partial charge in [0.15, 0.2) is 11.6 Å². The minimum absolute atomic E-state index is 0.0347.